The second kappa shape index (κ2) is 8.40. The van der Waals surface area contributed by atoms with Crippen molar-refractivity contribution in [1.82, 2.24) is 19.6 Å². The smallest absolute Gasteiger partial charge is 0.209 e. The fourth-order valence-corrected chi connectivity index (χ4v) is 3.13. The summed E-state index contributed by atoms with van der Waals surface area (Å²) in [6.45, 7) is 1.98. The number of allylic oxidation sites excluding steroid dienone is 1. The zero-order chi connectivity index (χ0) is 20.9. The number of nitrogens with one attached hydrogen (secondary N) is 2. The normalized spacial score (nSPS) is 11.3. The van der Waals surface area contributed by atoms with Gasteiger partial charge >= 0.3 is 0 Å². The summed E-state index contributed by atoms with van der Waals surface area (Å²) >= 11 is 0. The number of hydrogen-bond donors (Lipinski definition) is 2. The summed E-state index contributed by atoms with van der Waals surface area (Å²) in [6, 6.07) is 18.7. The van der Waals surface area contributed by atoms with Gasteiger partial charge in [-0.1, -0.05) is 18.2 Å². The van der Waals surface area contributed by atoms with Crippen LogP contribution in [-0.2, 0) is 0 Å². The van der Waals surface area contributed by atoms with Crippen molar-refractivity contribution >= 4 is 17.6 Å². The van der Waals surface area contributed by atoms with Gasteiger partial charge in [0, 0.05) is 36.6 Å². The molecular formula is C23H20N6O. The van der Waals surface area contributed by atoms with Crippen LogP contribution in [0.15, 0.2) is 90.1 Å². The Morgan fingerprint density at radius 1 is 1.03 bits per heavy atom. The van der Waals surface area contributed by atoms with Crippen LogP contribution in [0.1, 0.15) is 11.3 Å². The minimum Gasteiger partial charge on any atom is -0.354 e. The molecule has 0 radical (unpaired) electrons. The maximum Gasteiger partial charge on any atom is 0.209 e. The molecule has 7 nitrogen and oxygen atoms in total. The van der Waals surface area contributed by atoms with Gasteiger partial charge in [-0.05, 0) is 55.0 Å². The summed E-state index contributed by atoms with van der Waals surface area (Å²) in [5.41, 5.74) is 4.05. The molecule has 0 spiro atoms. The molecule has 2 aromatic heterocycles. The van der Waals surface area contributed by atoms with Gasteiger partial charge in [-0.25, -0.2) is 9.36 Å². The first-order chi connectivity index (χ1) is 14.7. The molecule has 0 saturated carbocycles. The third-order valence-electron chi connectivity index (χ3n) is 4.56. The van der Waals surface area contributed by atoms with Crippen LogP contribution in [0.4, 0.5) is 5.69 Å². The Kier molecular flexibility index (Phi) is 5.34. The lowest BCUT2D eigenvalue weighted by Gasteiger charge is -2.14. The van der Waals surface area contributed by atoms with Crippen molar-refractivity contribution in [1.29, 1.82) is 5.41 Å². The largest absolute Gasteiger partial charge is 0.354 e. The predicted octanol–water partition coefficient (Wildman–Crippen LogP) is 3.83. The van der Waals surface area contributed by atoms with Crippen molar-refractivity contribution in [2.45, 2.75) is 6.92 Å². The molecule has 0 aliphatic carbocycles. The molecule has 148 valence electrons. The number of anilines is 1. The second-order valence-electron chi connectivity index (χ2n) is 6.63. The number of benzene rings is 2. The lowest BCUT2D eigenvalue weighted by Crippen LogP contribution is -2.18. The van der Waals surface area contributed by atoms with Gasteiger partial charge in [0.1, 0.15) is 0 Å². The highest BCUT2D eigenvalue weighted by molar-refractivity contribution is 5.86. The first kappa shape index (κ1) is 19.1. The SMILES string of the molecule is Cc1cc(-n2cccn2)ccc1-n1ccc(=O)c(/C(=C/C=N)Nc2ccccc2)n1. The Morgan fingerprint density at radius 3 is 2.57 bits per heavy atom. The molecule has 2 aromatic carbocycles. The van der Waals surface area contributed by atoms with Crippen molar-refractivity contribution in [3.63, 3.8) is 0 Å². The van der Waals surface area contributed by atoms with Crippen LogP contribution in [0.2, 0.25) is 0 Å². The van der Waals surface area contributed by atoms with E-state index in [0.29, 0.717) is 5.70 Å². The average Bonchev–Trinajstić information content (AvgIpc) is 3.30. The third kappa shape index (κ3) is 3.95. The molecule has 2 heterocycles. The van der Waals surface area contributed by atoms with Crippen LogP contribution in [0.5, 0.6) is 0 Å². The van der Waals surface area contributed by atoms with Crippen LogP contribution in [0.3, 0.4) is 0 Å². The van der Waals surface area contributed by atoms with E-state index in [9.17, 15) is 4.79 Å². The van der Waals surface area contributed by atoms with E-state index in [1.54, 1.807) is 21.8 Å². The molecule has 0 aliphatic rings. The standard InChI is InChI=1S/C23H20N6O/c1-17-16-19(28-14-5-13-25-28)8-9-21(17)29-15-11-22(30)23(27-29)20(10-12-24)26-18-6-3-2-4-7-18/h2-16,24,26H,1H3/b20-10-,24-12?. The lowest BCUT2D eigenvalue weighted by molar-refractivity contribution is 0.815. The van der Waals surface area contributed by atoms with Crippen LogP contribution in [-0.4, -0.2) is 25.8 Å². The van der Waals surface area contributed by atoms with E-state index >= 15 is 0 Å². The van der Waals surface area contributed by atoms with Gasteiger partial charge in [0.2, 0.25) is 5.43 Å². The molecule has 30 heavy (non-hydrogen) atoms. The van der Waals surface area contributed by atoms with E-state index in [-0.39, 0.29) is 11.1 Å². The monoisotopic (exact) mass is 396 g/mol. The van der Waals surface area contributed by atoms with Gasteiger partial charge < -0.3 is 10.7 Å². The Bertz CT molecular complexity index is 1260. The number of hydrogen-bond acceptors (Lipinski definition) is 5. The maximum absolute atomic E-state index is 12.6. The van der Waals surface area contributed by atoms with E-state index in [1.165, 1.54) is 12.1 Å². The number of aryl methyl sites for hydroxylation is 1. The van der Waals surface area contributed by atoms with Crippen molar-refractivity contribution in [3.8, 4) is 11.4 Å². The minimum atomic E-state index is -0.228. The second-order valence-corrected chi connectivity index (χ2v) is 6.63. The van der Waals surface area contributed by atoms with Crippen LogP contribution < -0.4 is 10.7 Å². The molecule has 2 N–H and O–H groups in total. The molecule has 0 unspecified atom stereocenters. The Hall–Kier alpha value is -4.26. The first-order valence-electron chi connectivity index (χ1n) is 9.40. The van der Waals surface area contributed by atoms with Crippen molar-refractivity contribution in [2.75, 3.05) is 5.32 Å². The van der Waals surface area contributed by atoms with Crippen LogP contribution in [0.25, 0.3) is 17.1 Å². The summed E-state index contributed by atoms with van der Waals surface area (Å²) in [7, 11) is 0. The third-order valence-corrected chi connectivity index (χ3v) is 4.56. The maximum atomic E-state index is 12.6. The Labute approximate surface area is 173 Å². The highest BCUT2D eigenvalue weighted by Crippen LogP contribution is 2.19. The fourth-order valence-electron chi connectivity index (χ4n) is 3.13. The lowest BCUT2D eigenvalue weighted by atomic mass is 10.1. The van der Waals surface area contributed by atoms with Crippen LogP contribution in [0, 0.1) is 12.3 Å². The van der Waals surface area contributed by atoms with E-state index < -0.39 is 0 Å². The summed E-state index contributed by atoms with van der Waals surface area (Å²) in [6.07, 6.45) is 7.92. The number of aromatic nitrogens is 4. The molecule has 4 rings (SSSR count). The van der Waals surface area contributed by atoms with E-state index in [2.05, 4.69) is 15.5 Å². The van der Waals surface area contributed by atoms with Gasteiger partial charge in [0.15, 0.2) is 5.69 Å². The zero-order valence-electron chi connectivity index (χ0n) is 16.4. The summed E-state index contributed by atoms with van der Waals surface area (Å²) in [4.78, 5) is 12.6. The molecular weight excluding hydrogens is 376 g/mol. The van der Waals surface area contributed by atoms with Gasteiger partial charge in [0.25, 0.3) is 0 Å². The quantitative estimate of drug-likeness (QED) is 0.485. The molecule has 4 aromatic rings. The number of rotatable bonds is 6. The number of nitrogens with zero attached hydrogens (tertiary/aromatic N) is 4. The summed E-state index contributed by atoms with van der Waals surface area (Å²) < 4.78 is 3.46. The molecule has 0 saturated heterocycles. The van der Waals surface area contributed by atoms with Crippen LogP contribution >= 0.6 is 0 Å². The molecule has 7 heteroatoms. The highest BCUT2D eigenvalue weighted by Gasteiger charge is 2.12. The first-order valence-corrected chi connectivity index (χ1v) is 9.40. The topological polar surface area (TPSA) is 88.6 Å². The molecule has 0 amide bonds. The molecule has 0 aliphatic heterocycles. The van der Waals surface area contributed by atoms with Gasteiger partial charge in [0.05, 0.1) is 17.1 Å². The summed E-state index contributed by atoms with van der Waals surface area (Å²) in [5, 5.41) is 19.5. The summed E-state index contributed by atoms with van der Waals surface area (Å²) in [5.74, 6) is 0. The van der Waals surface area contributed by atoms with Crippen molar-refractivity contribution in [2.24, 2.45) is 0 Å². The number of para-hydroxylation sites is 1. The fraction of sp³-hybridized carbons (Fsp3) is 0.0435. The minimum absolute atomic E-state index is 0.228. The van der Waals surface area contributed by atoms with E-state index in [1.807, 2.05) is 67.7 Å². The van der Waals surface area contributed by atoms with Crippen molar-refractivity contribution in [3.05, 3.63) is 107 Å². The average molecular weight is 396 g/mol. The van der Waals surface area contributed by atoms with Gasteiger partial charge in [-0.3, -0.25) is 4.79 Å². The molecule has 0 fully saturated rings. The highest BCUT2D eigenvalue weighted by atomic mass is 16.1. The predicted molar refractivity (Wildman–Crippen MR) is 119 cm³/mol. The van der Waals surface area contributed by atoms with E-state index in [4.69, 9.17) is 5.41 Å². The van der Waals surface area contributed by atoms with Gasteiger partial charge in [-0.2, -0.15) is 10.2 Å². The Balaban J connectivity index is 1.73. The molecule has 0 atom stereocenters. The Morgan fingerprint density at radius 2 is 1.87 bits per heavy atom. The van der Waals surface area contributed by atoms with Crippen molar-refractivity contribution < 1.29 is 0 Å². The van der Waals surface area contributed by atoms with Gasteiger partial charge in [-0.15, -0.1) is 0 Å². The molecule has 0 bridgehead atoms. The zero-order valence-corrected chi connectivity index (χ0v) is 16.4. The van der Waals surface area contributed by atoms with E-state index in [0.717, 1.165) is 28.8 Å².